The first-order chi connectivity index (χ1) is 9.54. The Hall–Kier alpha value is -0.580. The van der Waals surface area contributed by atoms with Crippen molar-refractivity contribution in [2.24, 2.45) is 5.92 Å². The van der Waals surface area contributed by atoms with Gasteiger partial charge in [-0.05, 0) is 49.9 Å². The Balaban J connectivity index is 2.68. The van der Waals surface area contributed by atoms with Gasteiger partial charge in [-0.1, -0.05) is 29.8 Å². The van der Waals surface area contributed by atoms with Gasteiger partial charge < -0.3 is 15.2 Å². The number of unbranched alkanes of at least 4 members (excludes halogenated alkanes) is 1. The molecule has 0 bridgehead atoms. The van der Waals surface area contributed by atoms with Crippen LogP contribution in [0.1, 0.15) is 37.8 Å². The maximum absolute atomic E-state index is 8.81. The molecule has 20 heavy (non-hydrogen) atoms. The molecule has 0 amide bonds. The second kappa shape index (κ2) is 9.37. The van der Waals surface area contributed by atoms with Gasteiger partial charge in [0.15, 0.2) is 0 Å². The average Bonchev–Trinajstić information content (AvgIpc) is 2.36. The molecule has 1 aromatic rings. The van der Waals surface area contributed by atoms with Crippen molar-refractivity contribution in [2.45, 2.75) is 40.2 Å². The zero-order valence-electron chi connectivity index (χ0n) is 12.7. The summed E-state index contributed by atoms with van der Waals surface area (Å²) in [5, 5.41) is 12.3. The number of ether oxygens (including phenoxy) is 1. The molecule has 0 fully saturated rings. The maximum atomic E-state index is 8.81. The van der Waals surface area contributed by atoms with Crippen LogP contribution in [0.2, 0.25) is 0 Å². The van der Waals surface area contributed by atoms with Crippen LogP contribution in [0.3, 0.4) is 0 Å². The zero-order chi connectivity index (χ0) is 15.0. The van der Waals surface area contributed by atoms with E-state index in [1.165, 1.54) is 5.56 Å². The average molecular weight is 344 g/mol. The van der Waals surface area contributed by atoms with Crippen LogP contribution in [-0.2, 0) is 6.54 Å². The molecule has 0 saturated heterocycles. The van der Waals surface area contributed by atoms with Crippen molar-refractivity contribution in [1.29, 1.82) is 0 Å². The van der Waals surface area contributed by atoms with Crippen LogP contribution in [0.4, 0.5) is 0 Å². The number of aliphatic hydroxyl groups is 1. The largest absolute Gasteiger partial charge is 0.493 e. The van der Waals surface area contributed by atoms with Crippen LogP contribution >= 0.6 is 15.9 Å². The minimum Gasteiger partial charge on any atom is -0.493 e. The molecule has 2 N–H and O–H groups in total. The monoisotopic (exact) mass is 343 g/mol. The van der Waals surface area contributed by atoms with Gasteiger partial charge in [0.1, 0.15) is 5.75 Å². The summed E-state index contributed by atoms with van der Waals surface area (Å²) >= 11 is 3.54. The summed E-state index contributed by atoms with van der Waals surface area (Å²) in [6.07, 6.45) is 1.67. The first-order valence-corrected chi connectivity index (χ1v) is 8.07. The Kier molecular flexibility index (Phi) is 8.19. The van der Waals surface area contributed by atoms with Crippen molar-refractivity contribution in [3.8, 4) is 5.75 Å². The van der Waals surface area contributed by atoms with E-state index in [1.807, 2.05) is 0 Å². The van der Waals surface area contributed by atoms with Crippen LogP contribution in [0.5, 0.6) is 5.75 Å². The molecule has 1 aromatic carbocycles. The van der Waals surface area contributed by atoms with Gasteiger partial charge >= 0.3 is 0 Å². The van der Waals surface area contributed by atoms with E-state index in [0.717, 1.165) is 41.7 Å². The van der Waals surface area contributed by atoms with Crippen LogP contribution in [0.15, 0.2) is 16.6 Å². The molecule has 3 nitrogen and oxygen atoms in total. The number of hydrogen-bond acceptors (Lipinski definition) is 3. The molecular weight excluding hydrogens is 318 g/mol. The summed E-state index contributed by atoms with van der Waals surface area (Å²) in [5.41, 5.74) is 2.33. The van der Waals surface area contributed by atoms with E-state index in [9.17, 15) is 0 Å². The fourth-order valence-electron chi connectivity index (χ4n) is 2.02. The van der Waals surface area contributed by atoms with Gasteiger partial charge in [-0.2, -0.15) is 0 Å². The van der Waals surface area contributed by atoms with E-state index in [-0.39, 0.29) is 6.61 Å². The standard InChI is InChI=1S/C16H26BrNO2/c1-12(2)10-18-11-14-9-15(17)8-13(3)16(14)20-7-5-4-6-19/h8-9,12,18-19H,4-7,10-11H2,1-3H3. The lowest BCUT2D eigenvalue weighted by molar-refractivity contribution is 0.251. The summed E-state index contributed by atoms with van der Waals surface area (Å²) in [4.78, 5) is 0. The fraction of sp³-hybridized carbons (Fsp3) is 0.625. The zero-order valence-corrected chi connectivity index (χ0v) is 14.3. The Morgan fingerprint density at radius 2 is 2.05 bits per heavy atom. The number of rotatable bonds is 9. The summed E-state index contributed by atoms with van der Waals surface area (Å²) < 4.78 is 6.99. The fourth-order valence-corrected chi connectivity index (χ4v) is 2.64. The highest BCUT2D eigenvalue weighted by Crippen LogP contribution is 2.28. The topological polar surface area (TPSA) is 41.5 Å². The third-order valence-corrected chi connectivity index (χ3v) is 3.44. The third-order valence-electron chi connectivity index (χ3n) is 2.98. The van der Waals surface area contributed by atoms with E-state index in [2.05, 4.69) is 54.2 Å². The number of aliphatic hydroxyl groups excluding tert-OH is 1. The Morgan fingerprint density at radius 3 is 2.70 bits per heavy atom. The normalized spacial score (nSPS) is 11.1. The lowest BCUT2D eigenvalue weighted by Gasteiger charge is -2.16. The van der Waals surface area contributed by atoms with Gasteiger partial charge in [0.25, 0.3) is 0 Å². The predicted octanol–water partition coefficient (Wildman–Crippen LogP) is 3.65. The number of halogens is 1. The minimum atomic E-state index is 0.228. The number of nitrogens with one attached hydrogen (secondary N) is 1. The van der Waals surface area contributed by atoms with Gasteiger partial charge in [-0.15, -0.1) is 0 Å². The van der Waals surface area contributed by atoms with E-state index >= 15 is 0 Å². The van der Waals surface area contributed by atoms with Crippen molar-refractivity contribution < 1.29 is 9.84 Å². The van der Waals surface area contributed by atoms with Gasteiger partial charge in [0.2, 0.25) is 0 Å². The lowest BCUT2D eigenvalue weighted by atomic mass is 10.1. The van der Waals surface area contributed by atoms with E-state index in [0.29, 0.717) is 12.5 Å². The summed E-state index contributed by atoms with van der Waals surface area (Å²) in [6, 6.07) is 4.19. The van der Waals surface area contributed by atoms with Crippen LogP contribution < -0.4 is 10.1 Å². The van der Waals surface area contributed by atoms with E-state index in [4.69, 9.17) is 9.84 Å². The molecular formula is C16H26BrNO2. The Bertz CT molecular complexity index is 408. The highest BCUT2D eigenvalue weighted by Gasteiger charge is 2.09. The smallest absolute Gasteiger partial charge is 0.126 e. The van der Waals surface area contributed by atoms with Gasteiger partial charge in [-0.3, -0.25) is 0 Å². The molecule has 0 aliphatic rings. The molecule has 0 aliphatic heterocycles. The summed E-state index contributed by atoms with van der Waals surface area (Å²) in [6.45, 7) is 9.16. The molecule has 0 radical (unpaired) electrons. The first-order valence-electron chi connectivity index (χ1n) is 7.28. The molecule has 0 saturated carbocycles. The number of hydrogen-bond donors (Lipinski definition) is 2. The molecule has 0 spiro atoms. The summed E-state index contributed by atoms with van der Waals surface area (Å²) in [5.74, 6) is 1.61. The van der Waals surface area contributed by atoms with Crippen molar-refractivity contribution in [2.75, 3.05) is 19.8 Å². The van der Waals surface area contributed by atoms with E-state index < -0.39 is 0 Å². The van der Waals surface area contributed by atoms with Gasteiger partial charge in [0.05, 0.1) is 6.61 Å². The number of aryl methyl sites for hydroxylation is 1. The quantitative estimate of drug-likeness (QED) is 0.672. The SMILES string of the molecule is Cc1cc(Br)cc(CNCC(C)C)c1OCCCCO. The predicted molar refractivity (Wildman–Crippen MR) is 87.2 cm³/mol. The van der Waals surface area contributed by atoms with Crippen LogP contribution in [0.25, 0.3) is 0 Å². The lowest BCUT2D eigenvalue weighted by Crippen LogP contribution is -2.19. The molecule has 0 aromatic heterocycles. The highest BCUT2D eigenvalue weighted by atomic mass is 79.9. The third kappa shape index (κ3) is 6.25. The molecule has 0 heterocycles. The molecule has 114 valence electrons. The van der Waals surface area contributed by atoms with Gasteiger partial charge in [-0.25, -0.2) is 0 Å². The van der Waals surface area contributed by atoms with Crippen molar-refractivity contribution in [3.05, 3.63) is 27.7 Å². The molecule has 0 unspecified atom stereocenters. The molecule has 0 atom stereocenters. The highest BCUT2D eigenvalue weighted by molar-refractivity contribution is 9.10. The van der Waals surface area contributed by atoms with Crippen molar-refractivity contribution in [1.82, 2.24) is 5.32 Å². The molecule has 0 aliphatic carbocycles. The Morgan fingerprint density at radius 1 is 1.30 bits per heavy atom. The second-order valence-corrected chi connectivity index (χ2v) is 6.43. The second-order valence-electron chi connectivity index (χ2n) is 5.51. The van der Waals surface area contributed by atoms with Crippen LogP contribution in [-0.4, -0.2) is 24.9 Å². The molecule has 4 heteroatoms. The van der Waals surface area contributed by atoms with Crippen molar-refractivity contribution >= 4 is 15.9 Å². The number of benzene rings is 1. The summed E-state index contributed by atoms with van der Waals surface area (Å²) in [7, 11) is 0. The van der Waals surface area contributed by atoms with Crippen molar-refractivity contribution in [3.63, 3.8) is 0 Å². The molecule has 1 rings (SSSR count). The maximum Gasteiger partial charge on any atom is 0.126 e. The Labute approximate surface area is 130 Å². The minimum absolute atomic E-state index is 0.228. The van der Waals surface area contributed by atoms with E-state index in [1.54, 1.807) is 0 Å². The first kappa shape index (κ1) is 17.5. The van der Waals surface area contributed by atoms with Gasteiger partial charge in [0, 0.05) is 23.2 Å². The van der Waals surface area contributed by atoms with Crippen LogP contribution in [0, 0.1) is 12.8 Å².